The van der Waals surface area contributed by atoms with Gasteiger partial charge in [-0.15, -0.1) is 0 Å². The maximum Gasteiger partial charge on any atom is 0.397 e. The minimum atomic E-state index is -4.59. The van der Waals surface area contributed by atoms with Gasteiger partial charge in [0.25, 0.3) is 0 Å². The number of hydrogen-bond donors (Lipinski definition) is 1. The summed E-state index contributed by atoms with van der Waals surface area (Å²) in [6, 6.07) is 2.08. The molecule has 39 heavy (non-hydrogen) atoms. The molecule has 3 fully saturated rings. The minimum Gasteiger partial charge on any atom is -0.350 e. The molecular formula is C31H39F3N2O3. The number of fused-ring (bicyclic) bond motifs is 7. The van der Waals surface area contributed by atoms with Crippen LogP contribution in [0.25, 0.3) is 0 Å². The van der Waals surface area contributed by atoms with Crippen molar-refractivity contribution in [1.82, 2.24) is 5.32 Å². The summed E-state index contributed by atoms with van der Waals surface area (Å²) in [6.45, 7) is 10.4. The van der Waals surface area contributed by atoms with Gasteiger partial charge in [0.05, 0.1) is 5.57 Å². The van der Waals surface area contributed by atoms with E-state index in [-0.39, 0.29) is 57.6 Å². The molecule has 0 bridgehead atoms. The number of amides is 1. The maximum absolute atomic E-state index is 14.1. The Labute approximate surface area is 228 Å². The van der Waals surface area contributed by atoms with Crippen LogP contribution in [-0.2, 0) is 14.4 Å². The first-order valence-electron chi connectivity index (χ1n) is 14.3. The standard InChI is InChI=1S/C31H39F3N2O3/c1-17-19-6-8-28(4)20-7-9-30(36-24(38)15-31(32,33)34)11-10-27(2,3)14-21(30)25(20)22(37)12-23(28)29(19,5)13-18(16-35)26(17)39/h12-13,17,19-21,25H,6-11,14-15H2,1-5H3,(H,36,38). The van der Waals surface area contributed by atoms with Crippen molar-refractivity contribution in [2.75, 3.05) is 0 Å². The Bertz CT molecular complexity index is 1230. The molecule has 0 aromatic rings. The molecule has 8 heteroatoms. The average molecular weight is 545 g/mol. The molecular weight excluding hydrogens is 505 g/mol. The van der Waals surface area contributed by atoms with Crippen LogP contribution < -0.4 is 5.32 Å². The van der Waals surface area contributed by atoms with Crippen LogP contribution in [0.15, 0.2) is 23.3 Å². The number of Topliss-reactive ketones (excluding diaryl/α,β-unsaturated/α-hetero) is 1. The lowest BCUT2D eigenvalue weighted by Gasteiger charge is -2.64. The van der Waals surface area contributed by atoms with Crippen LogP contribution in [0.1, 0.15) is 86.0 Å². The summed E-state index contributed by atoms with van der Waals surface area (Å²) in [5, 5.41) is 12.5. The van der Waals surface area contributed by atoms with Gasteiger partial charge in [-0.3, -0.25) is 14.4 Å². The zero-order chi connectivity index (χ0) is 28.8. The van der Waals surface area contributed by atoms with Gasteiger partial charge >= 0.3 is 6.18 Å². The SMILES string of the molecule is CC1C(=O)C(C#N)=CC2(C)C3=CC(=O)C4C5CC(C)(C)CCC5(NC(=O)CC(F)(F)F)CCC4C3(C)CCC12. The Hall–Kier alpha value is -2.43. The second-order valence-corrected chi connectivity index (χ2v) is 14.3. The van der Waals surface area contributed by atoms with Crippen LogP contribution in [0.5, 0.6) is 0 Å². The fourth-order valence-electron chi connectivity index (χ4n) is 9.62. The molecule has 8 unspecified atom stereocenters. The van der Waals surface area contributed by atoms with E-state index in [1.807, 2.05) is 6.92 Å². The van der Waals surface area contributed by atoms with Crippen molar-refractivity contribution >= 4 is 17.5 Å². The second kappa shape index (κ2) is 8.78. The van der Waals surface area contributed by atoms with E-state index >= 15 is 0 Å². The smallest absolute Gasteiger partial charge is 0.350 e. The Morgan fingerprint density at radius 1 is 1.05 bits per heavy atom. The normalized spacial score (nSPS) is 43.0. The zero-order valence-electron chi connectivity index (χ0n) is 23.5. The molecule has 1 N–H and O–H groups in total. The Morgan fingerprint density at radius 3 is 2.36 bits per heavy atom. The first kappa shape index (κ1) is 28.1. The van der Waals surface area contributed by atoms with Crippen molar-refractivity contribution in [1.29, 1.82) is 5.26 Å². The largest absolute Gasteiger partial charge is 0.397 e. The number of nitrogens with one attached hydrogen (secondary N) is 1. The Kier molecular flexibility index (Phi) is 6.33. The molecule has 5 nitrogen and oxygen atoms in total. The number of ketones is 2. The third-order valence-electron chi connectivity index (χ3n) is 11.5. The molecule has 5 aliphatic carbocycles. The highest BCUT2D eigenvalue weighted by Crippen LogP contribution is 2.68. The number of alkyl halides is 3. The van der Waals surface area contributed by atoms with E-state index < -0.39 is 29.5 Å². The molecule has 5 aliphatic rings. The van der Waals surface area contributed by atoms with Crippen molar-refractivity contribution in [3.63, 3.8) is 0 Å². The molecule has 1 amide bonds. The molecule has 0 spiro atoms. The summed E-state index contributed by atoms with van der Waals surface area (Å²) < 4.78 is 39.2. The van der Waals surface area contributed by atoms with E-state index in [1.165, 1.54) is 0 Å². The maximum atomic E-state index is 14.1. The molecule has 0 aromatic carbocycles. The molecule has 0 saturated heterocycles. The highest BCUT2D eigenvalue weighted by molar-refractivity contribution is 6.02. The lowest BCUT2D eigenvalue weighted by Crippen LogP contribution is -2.66. The number of rotatable bonds is 2. The molecule has 5 rings (SSSR count). The molecule has 8 atom stereocenters. The van der Waals surface area contributed by atoms with Gasteiger partial charge in [-0.25, -0.2) is 0 Å². The van der Waals surface area contributed by atoms with Crippen LogP contribution in [0.3, 0.4) is 0 Å². The van der Waals surface area contributed by atoms with Crippen LogP contribution in [-0.4, -0.2) is 29.2 Å². The lowest BCUT2D eigenvalue weighted by molar-refractivity contribution is -0.160. The number of allylic oxidation sites excluding steroid dienone is 4. The summed E-state index contributed by atoms with van der Waals surface area (Å²) in [6.07, 6.45) is 2.24. The third kappa shape index (κ3) is 4.30. The van der Waals surface area contributed by atoms with Crippen molar-refractivity contribution in [2.24, 2.45) is 45.8 Å². The van der Waals surface area contributed by atoms with Gasteiger partial charge in [0.15, 0.2) is 11.6 Å². The van der Waals surface area contributed by atoms with E-state index in [4.69, 9.17) is 0 Å². The van der Waals surface area contributed by atoms with Crippen molar-refractivity contribution in [3.8, 4) is 6.07 Å². The van der Waals surface area contributed by atoms with Crippen molar-refractivity contribution in [3.05, 3.63) is 23.3 Å². The topological polar surface area (TPSA) is 87.0 Å². The van der Waals surface area contributed by atoms with Gasteiger partial charge in [-0.2, -0.15) is 18.4 Å². The quantitative estimate of drug-likeness (QED) is 0.445. The molecule has 0 aliphatic heterocycles. The zero-order valence-corrected chi connectivity index (χ0v) is 23.5. The fourth-order valence-corrected chi connectivity index (χ4v) is 9.62. The monoisotopic (exact) mass is 544 g/mol. The summed E-state index contributed by atoms with van der Waals surface area (Å²) in [5.41, 5.74) is -0.698. The number of nitriles is 1. The van der Waals surface area contributed by atoms with E-state index in [1.54, 1.807) is 12.2 Å². The lowest BCUT2D eigenvalue weighted by atomic mass is 9.40. The van der Waals surface area contributed by atoms with Crippen LogP contribution in [0, 0.1) is 57.2 Å². The molecule has 212 valence electrons. The molecule has 0 radical (unpaired) electrons. The van der Waals surface area contributed by atoms with Gasteiger partial charge in [-0.1, -0.05) is 46.3 Å². The van der Waals surface area contributed by atoms with Crippen LogP contribution in [0.2, 0.25) is 0 Å². The summed E-state index contributed by atoms with van der Waals surface area (Å²) >= 11 is 0. The van der Waals surface area contributed by atoms with Crippen molar-refractivity contribution in [2.45, 2.75) is 97.7 Å². The second-order valence-electron chi connectivity index (χ2n) is 14.3. The average Bonchev–Trinajstić information content (AvgIpc) is 2.81. The summed E-state index contributed by atoms with van der Waals surface area (Å²) in [7, 11) is 0. The summed E-state index contributed by atoms with van der Waals surface area (Å²) in [5.74, 6) is -2.13. The van der Waals surface area contributed by atoms with E-state index in [9.17, 15) is 32.8 Å². The van der Waals surface area contributed by atoms with Crippen LogP contribution in [0.4, 0.5) is 13.2 Å². The number of halogens is 3. The van der Waals surface area contributed by atoms with Crippen LogP contribution >= 0.6 is 0 Å². The van der Waals surface area contributed by atoms with Gasteiger partial charge in [0.1, 0.15) is 12.5 Å². The van der Waals surface area contributed by atoms with E-state index in [2.05, 4.69) is 39.1 Å². The number of carbonyl (C=O) groups is 3. The molecule has 0 aromatic heterocycles. The van der Waals surface area contributed by atoms with E-state index in [0.29, 0.717) is 25.7 Å². The minimum absolute atomic E-state index is 0.00345. The van der Waals surface area contributed by atoms with Gasteiger partial charge in [0, 0.05) is 22.8 Å². The van der Waals surface area contributed by atoms with Crippen molar-refractivity contribution < 1.29 is 27.6 Å². The number of hydrogen-bond acceptors (Lipinski definition) is 4. The molecule has 3 saturated carbocycles. The predicted octanol–water partition coefficient (Wildman–Crippen LogP) is 6.25. The summed E-state index contributed by atoms with van der Waals surface area (Å²) in [4.78, 5) is 39.6. The fraction of sp³-hybridized carbons (Fsp3) is 0.742. The predicted molar refractivity (Wildman–Crippen MR) is 139 cm³/mol. The third-order valence-corrected chi connectivity index (χ3v) is 11.5. The number of nitrogens with zero attached hydrogens (tertiary/aromatic N) is 1. The highest BCUT2D eigenvalue weighted by Gasteiger charge is 2.64. The first-order valence-corrected chi connectivity index (χ1v) is 14.3. The number of carbonyl (C=O) groups excluding carboxylic acids is 3. The van der Waals surface area contributed by atoms with Gasteiger partial charge in [0.2, 0.25) is 5.91 Å². The highest BCUT2D eigenvalue weighted by atomic mass is 19.4. The molecule has 0 heterocycles. The Morgan fingerprint density at radius 2 is 1.72 bits per heavy atom. The Balaban J connectivity index is 1.57. The van der Waals surface area contributed by atoms with Gasteiger partial charge in [-0.05, 0) is 79.6 Å². The van der Waals surface area contributed by atoms with Gasteiger partial charge < -0.3 is 5.32 Å². The first-order chi connectivity index (χ1) is 18.0. The van der Waals surface area contributed by atoms with E-state index in [0.717, 1.165) is 24.8 Å².